The monoisotopic (exact) mass is 183 g/mol. The van der Waals surface area contributed by atoms with Gasteiger partial charge < -0.3 is 10.1 Å². The first-order valence-electron chi connectivity index (χ1n) is 5.58. The normalized spacial score (nSPS) is 40.4. The van der Waals surface area contributed by atoms with Crippen LogP contribution in [0.2, 0.25) is 0 Å². The van der Waals surface area contributed by atoms with Gasteiger partial charge in [-0.3, -0.25) is 0 Å². The molecule has 2 heterocycles. The van der Waals surface area contributed by atoms with Crippen LogP contribution in [-0.2, 0) is 4.74 Å². The minimum atomic E-state index is 0.399. The van der Waals surface area contributed by atoms with Crippen LogP contribution in [0.3, 0.4) is 0 Å². The molecule has 13 heavy (non-hydrogen) atoms. The summed E-state index contributed by atoms with van der Waals surface area (Å²) in [6.07, 6.45) is 3.94. The van der Waals surface area contributed by atoms with Crippen molar-refractivity contribution in [3.63, 3.8) is 0 Å². The van der Waals surface area contributed by atoms with Gasteiger partial charge in [-0.2, -0.15) is 0 Å². The lowest BCUT2D eigenvalue weighted by Gasteiger charge is -2.39. The summed E-state index contributed by atoms with van der Waals surface area (Å²) >= 11 is 0. The molecule has 0 aromatic carbocycles. The van der Waals surface area contributed by atoms with Crippen molar-refractivity contribution < 1.29 is 4.74 Å². The Morgan fingerprint density at radius 2 is 2.31 bits per heavy atom. The minimum absolute atomic E-state index is 0.399. The van der Waals surface area contributed by atoms with Crippen LogP contribution in [0, 0.1) is 11.8 Å². The van der Waals surface area contributed by atoms with Gasteiger partial charge in [0.25, 0.3) is 0 Å². The highest BCUT2D eigenvalue weighted by Crippen LogP contribution is 2.38. The summed E-state index contributed by atoms with van der Waals surface area (Å²) in [7, 11) is 0. The topological polar surface area (TPSA) is 21.3 Å². The fourth-order valence-corrected chi connectivity index (χ4v) is 3.04. The molecule has 1 N–H and O–H groups in total. The van der Waals surface area contributed by atoms with Crippen LogP contribution in [0.1, 0.15) is 33.1 Å². The molecule has 0 spiro atoms. The summed E-state index contributed by atoms with van der Waals surface area (Å²) in [5.74, 6) is 1.50. The Kier molecular flexibility index (Phi) is 2.61. The van der Waals surface area contributed by atoms with Crippen molar-refractivity contribution in [3.8, 4) is 0 Å². The second-order valence-electron chi connectivity index (χ2n) is 4.79. The van der Waals surface area contributed by atoms with Gasteiger partial charge >= 0.3 is 0 Å². The summed E-state index contributed by atoms with van der Waals surface area (Å²) < 4.78 is 5.50. The van der Waals surface area contributed by atoms with E-state index in [1.807, 2.05) is 0 Å². The SMILES string of the molecule is CC(C)C1(C2CCOC2)CCCN1. The molecule has 2 unspecified atom stereocenters. The highest BCUT2D eigenvalue weighted by Gasteiger charge is 2.44. The summed E-state index contributed by atoms with van der Waals surface area (Å²) in [6, 6.07) is 0. The Hall–Kier alpha value is -0.0800. The fraction of sp³-hybridized carbons (Fsp3) is 1.00. The standard InChI is InChI=1S/C11H21NO/c1-9(2)11(5-3-6-12-11)10-4-7-13-8-10/h9-10,12H,3-8H2,1-2H3. The number of rotatable bonds is 2. The van der Waals surface area contributed by atoms with E-state index in [1.165, 1.54) is 25.8 Å². The van der Waals surface area contributed by atoms with Gasteiger partial charge in [0, 0.05) is 18.1 Å². The van der Waals surface area contributed by atoms with Crippen molar-refractivity contribution in [2.45, 2.75) is 38.6 Å². The minimum Gasteiger partial charge on any atom is -0.381 e. The van der Waals surface area contributed by atoms with Crippen LogP contribution in [0.15, 0.2) is 0 Å². The summed E-state index contributed by atoms with van der Waals surface area (Å²) in [4.78, 5) is 0. The van der Waals surface area contributed by atoms with E-state index in [9.17, 15) is 0 Å². The summed E-state index contributed by atoms with van der Waals surface area (Å²) in [6.45, 7) is 7.84. The molecular formula is C11H21NO. The van der Waals surface area contributed by atoms with Crippen LogP contribution in [0.25, 0.3) is 0 Å². The van der Waals surface area contributed by atoms with Crippen molar-refractivity contribution in [2.24, 2.45) is 11.8 Å². The molecular weight excluding hydrogens is 162 g/mol. The van der Waals surface area contributed by atoms with Gasteiger partial charge in [0.2, 0.25) is 0 Å². The van der Waals surface area contributed by atoms with Crippen LogP contribution in [0.5, 0.6) is 0 Å². The Balaban J connectivity index is 2.11. The highest BCUT2D eigenvalue weighted by atomic mass is 16.5. The third-order valence-corrected chi connectivity index (χ3v) is 3.91. The molecule has 2 aliphatic rings. The van der Waals surface area contributed by atoms with E-state index in [0.29, 0.717) is 5.54 Å². The molecule has 0 bridgehead atoms. The van der Waals surface area contributed by atoms with E-state index in [1.54, 1.807) is 0 Å². The molecule has 2 nitrogen and oxygen atoms in total. The maximum Gasteiger partial charge on any atom is 0.0512 e. The lowest BCUT2D eigenvalue weighted by atomic mass is 9.74. The first-order chi connectivity index (χ1) is 6.26. The van der Waals surface area contributed by atoms with E-state index in [-0.39, 0.29) is 0 Å². The van der Waals surface area contributed by atoms with Crippen molar-refractivity contribution in [1.82, 2.24) is 5.32 Å². The largest absolute Gasteiger partial charge is 0.381 e. The van der Waals surface area contributed by atoms with Gasteiger partial charge in [-0.1, -0.05) is 13.8 Å². The molecule has 0 saturated carbocycles. The van der Waals surface area contributed by atoms with Crippen LogP contribution < -0.4 is 5.32 Å². The fourth-order valence-electron chi connectivity index (χ4n) is 3.04. The first kappa shape index (κ1) is 9.47. The molecule has 2 aliphatic heterocycles. The molecule has 2 atom stereocenters. The maximum atomic E-state index is 5.50. The summed E-state index contributed by atoms with van der Waals surface area (Å²) in [5.41, 5.74) is 0.399. The van der Waals surface area contributed by atoms with E-state index in [4.69, 9.17) is 4.74 Å². The molecule has 0 aromatic rings. The van der Waals surface area contributed by atoms with Gasteiger partial charge in [0.1, 0.15) is 0 Å². The summed E-state index contributed by atoms with van der Waals surface area (Å²) in [5, 5.41) is 3.73. The molecule has 0 aromatic heterocycles. The lowest BCUT2D eigenvalue weighted by molar-refractivity contribution is 0.127. The zero-order chi connectivity index (χ0) is 9.31. The average Bonchev–Trinajstić information content (AvgIpc) is 2.75. The van der Waals surface area contributed by atoms with Crippen LogP contribution >= 0.6 is 0 Å². The van der Waals surface area contributed by atoms with E-state index < -0.39 is 0 Å². The van der Waals surface area contributed by atoms with Crippen molar-refractivity contribution in [2.75, 3.05) is 19.8 Å². The molecule has 2 rings (SSSR count). The van der Waals surface area contributed by atoms with Gasteiger partial charge in [-0.25, -0.2) is 0 Å². The molecule has 2 heteroatoms. The van der Waals surface area contributed by atoms with E-state index in [0.717, 1.165) is 25.0 Å². The quantitative estimate of drug-likeness (QED) is 0.705. The molecule has 2 saturated heterocycles. The third kappa shape index (κ3) is 1.50. The van der Waals surface area contributed by atoms with Gasteiger partial charge in [0.15, 0.2) is 0 Å². The van der Waals surface area contributed by atoms with Gasteiger partial charge in [-0.05, 0) is 31.7 Å². The maximum absolute atomic E-state index is 5.50. The second-order valence-corrected chi connectivity index (χ2v) is 4.79. The highest BCUT2D eigenvalue weighted by molar-refractivity contribution is 5.01. The Morgan fingerprint density at radius 3 is 2.77 bits per heavy atom. The molecule has 0 radical (unpaired) electrons. The van der Waals surface area contributed by atoms with Crippen molar-refractivity contribution >= 4 is 0 Å². The molecule has 0 aliphatic carbocycles. The Labute approximate surface area is 81.0 Å². The zero-order valence-electron chi connectivity index (χ0n) is 8.81. The molecule has 2 fully saturated rings. The second kappa shape index (κ2) is 3.58. The smallest absolute Gasteiger partial charge is 0.0512 e. The lowest BCUT2D eigenvalue weighted by Crippen LogP contribution is -2.51. The molecule has 76 valence electrons. The van der Waals surface area contributed by atoms with Crippen molar-refractivity contribution in [3.05, 3.63) is 0 Å². The Morgan fingerprint density at radius 1 is 1.46 bits per heavy atom. The van der Waals surface area contributed by atoms with E-state index in [2.05, 4.69) is 19.2 Å². The predicted octanol–water partition coefficient (Wildman–Crippen LogP) is 1.80. The van der Waals surface area contributed by atoms with Gasteiger partial charge in [0.05, 0.1) is 6.61 Å². The van der Waals surface area contributed by atoms with Crippen LogP contribution in [-0.4, -0.2) is 25.3 Å². The van der Waals surface area contributed by atoms with E-state index >= 15 is 0 Å². The zero-order valence-corrected chi connectivity index (χ0v) is 8.81. The van der Waals surface area contributed by atoms with Crippen LogP contribution in [0.4, 0.5) is 0 Å². The third-order valence-electron chi connectivity index (χ3n) is 3.91. The predicted molar refractivity (Wildman–Crippen MR) is 53.7 cm³/mol. The Bertz CT molecular complexity index is 167. The molecule has 0 amide bonds. The number of hydrogen-bond acceptors (Lipinski definition) is 2. The average molecular weight is 183 g/mol. The number of ether oxygens (including phenoxy) is 1. The van der Waals surface area contributed by atoms with Gasteiger partial charge in [-0.15, -0.1) is 0 Å². The number of hydrogen-bond donors (Lipinski definition) is 1. The first-order valence-corrected chi connectivity index (χ1v) is 5.58. The van der Waals surface area contributed by atoms with Crippen molar-refractivity contribution in [1.29, 1.82) is 0 Å². The number of nitrogens with one attached hydrogen (secondary N) is 1.